The fraction of sp³-hybridized carbons (Fsp3) is 0.111. The Balaban J connectivity index is 1.75. The fourth-order valence-corrected chi connectivity index (χ4v) is 3.09. The van der Waals surface area contributed by atoms with Gasteiger partial charge in [0, 0.05) is 40.3 Å². The van der Waals surface area contributed by atoms with Crippen LogP contribution in [0.2, 0.25) is 0 Å². The summed E-state index contributed by atoms with van der Waals surface area (Å²) in [5.74, 6) is 0.417. The number of benzene rings is 2. The van der Waals surface area contributed by atoms with Crippen molar-refractivity contribution >= 4 is 34.3 Å². The predicted octanol–water partition coefficient (Wildman–Crippen LogP) is 3.75. The highest BCUT2D eigenvalue weighted by Crippen LogP contribution is 2.25. The molecule has 24 heavy (non-hydrogen) atoms. The molecule has 0 saturated heterocycles. The Morgan fingerprint density at radius 3 is 2.62 bits per heavy atom. The SMILES string of the molecule is CC(=O)Nc1ccc(SCc2cc3ccc(O)cc3oc2=O)cc1. The Hall–Kier alpha value is -2.73. The molecule has 1 amide bonds. The van der Waals surface area contributed by atoms with Crippen molar-refractivity contribution in [1.29, 1.82) is 0 Å². The molecule has 3 aromatic rings. The number of aromatic hydroxyl groups is 1. The molecule has 6 heteroatoms. The van der Waals surface area contributed by atoms with Crippen LogP contribution in [-0.4, -0.2) is 11.0 Å². The normalized spacial score (nSPS) is 10.7. The van der Waals surface area contributed by atoms with Crippen LogP contribution in [0.5, 0.6) is 5.75 Å². The number of nitrogens with one attached hydrogen (secondary N) is 1. The van der Waals surface area contributed by atoms with E-state index in [1.165, 1.54) is 24.8 Å². The highest BCUT2D eigenvalue weighted by atomic mass is 32.2. The van der Waals surface area contributed by atoms with Gasteiger partial charge in [-0.05, 0) is 42.5 Å². The number of anilines is 1. The number of phenols is 1. The van der Waals surface area contributed by atoms with E-state index in [9.17, 15) is 14.7 Å². The Bertz CT molecular complexity index is 947. The third kappa shape index (κ3) is 3.78. The number of phenolic OH excluding ortho intramolecular Hbond substituents is 1. The van der Waals surface area contributed by atoms with Gasteiger partial charge in [0.1, 0.15) is 11.3 Å². The van der Waals surface area contributed by atoms with Crippen molar-refractivity contribution in [3.05, 3.63) is 64.5 Å². The molecule has 0 spiro atoms. The van der Waals surface area contributed by atoms with Gasteiger partial charge in [-0.15, -0.1) is 11.8 Å². The zero-order chi connectivity index (χ0) is 17.1. The van der Waals surface area contributed by atoms with E-state index in [1.54, 1.807) is 18.2 Å². The molecular formula is C18H15NO4S. The number of carbonyl (C=O) groups excluding carboxylic acids is 1. The number of carbonyl (C=O) groups is 1. The first-order chi connectivity index (χ1) is 11.5. The average Bonchev–Trinajstić information content (AvgIpc) is 2.54. The third-order valence-electron chi connectivity index (χ3n) is 3.36. The molecule has 0 saturated carbocycles. The van der Waals surface area contributed by atoms with Gasteiger partial charge in [-0.1, -0.05) is 0 Å². The molecule has 0 radical (unpaired) electrons. The smallest absolute Gasteiger partial charge is 0.340 e. The predicted molar refractivity (Wildman–Crippen MR) is 94.5 cm³/mol. The Morgan fingerprint density at radius 2 is 1.92 bits per heavy atom. The van der Waals surface area contributed by atoms with Crippen molar-refractivity contribution in [2.45, 2.75) is 17.6 Å². The number of fused-ring (bicyclic) bond motifs is 1. The first kappa shape index (κ1) is 16.1. The fourth-order valence-electron chi connectivity index (χ4n) is 2.24. The van der Waals surface area contributed by atoms with Crippen LogP contribution in [-0.2, 0) is 10.5 Å². The molecule has 0 unspecified atom stereocenters. The van der Waals surface area contributed by atoms with Crippen LogP contribution >= 0.6 is 11.8 Å². The average molecular weight is 341 g/mol. The lowest BCUT2D eigenvalue weighted by Crippen LogP contribution is -2.06. The van der Waals surface area contributed by atoms with Gasteiger partial charge < -0.3 is 14.8 Å². The van der Waals surface area contributed by atoms with E-state index in [1.807, 2.05) is 24.3 Å². The van der Waals surface area contributed by atoms with Crippen LogP contribution in [0.1, 0.15) is 12.5 Å². The van der Waals surface area contributed by atoms with Crippen LogP contribution < -0.4 is 10.9 Å². The molecular weight excluding hydrogens is 326 g/mol. The van der Waals surface area contributed by atoms with E-state index >= 15 is 0 Å². The summed E-state index contributed by atoms with van der Waals surface area (Å²) < 4.78 is 5.25. The molecule has 3 rings (SSSR count). The van der Waals surface area contributed by atoms with E-state index in [-0.39, 0.29) is 11.7 Å². The Kier molecular flexibility index (Phi) is 4.57. The quantitative estimate of drug-likeness (QED) is 0.558. The monoisotopic (exact) mass is 341 g/mol. The number of thioether (sulfide) groups is 1. The highest BCUT2D eigenvalue weighted by molar-refractivity contribution is 7.98. The topological polar surface area (TPSA) is 79.5 Å². The van der Waals surface area contributed by atoms with E-state index in [0.717, 1.165) is 16.0 Å². The molecule has 0 aliphatic rings. The van der Waals surface area contributed by atoms with Gasteiger partial charge in [0.25, 0.3) is 0 Å². The van der Waals surface area contributed by atoms with Crippen LogP contribution in [0.3, 0.4) is 0 Å². The van der Waals surface area contributed by atoms with Gasteiger partial charge in [-0.3, -0.25) is 4.79 Å². The minimum Gasteiger partial charge on any atom is -0.508 e. The van der Waals surface area contributed by atoms with Gasteiger partial charge in [0.05, 0.1) is 0 Å². The largest absolute Gasteiger partial charge is 0.508 e. The number of hydrogen-bond acceptors (Lipinski definition) is 5. The van der Waals surface area contributed by atoms with Crippen molar-refractivity contribution in [1.82, 2.24) is 0 Å². The first-order valence-corrected chi connectivity index (χ1v) is 8.26. The van der Waals surface area contributed by atoms with Gasteiger partial charge in [0.2, 0.25) is 5.91 Å². The second-order valence-electron chi connectivity index (χ2n) is 5.28. The second-order valence-corrected chi connectivity index (χ2v) is 6.32. The zero-order valence-corrected chi connectivity index (χ0v) is 13.7. The van der Waals surface area contributed by atoms with Crippen molar-refractivity contribution < 1.29 is 14.3 Å². The maximum absolute atomic E-state index is 12.0. The van der Waals surface area contributed by atoms with Crippen LogP contribution in [0.25, 0.3) is 11.0 Å². The molecule has 1 heterocycles. The van der Waals surface area contributed by atoms with Gasteiger partial charge in [-0.2, -0.15) is 0 Å². The summed E-state index contributed by atoms with van der Waals surface area (Å²) in [4.78, 5) is 24.0. The van der Waals surface area contributed by atoms with E-state index in [4.69, 9.17) is 4.42 Å². The van der Waals surface area contributed by atoms with E-state index in [2.05, 4.69) is 5.32 Å². The number of hydrogen-bond donors (Lipinski definition) is 2. The van der Waals surface area contributed by atoms with E-state index < -0.39 is 5.63 Å². The molecule has 0 atom stereocenters. The molecule has 5 nitrogen and oxygen atoms in total. The summed E-state index contributed by atoms with van der Waals surface area (Å²) >= 11 is 1.50. The van der Waals surface area contributed by atoms with E-state index in [0.29, 0.717) is 16.9 Å². The molecule has 0 fully saturated rings. The van der Waals surface area contributed by atoms with Gasteiger partial charge in [0.15, 0.2) is 0 Å². The minimum atomic E-state index is -0.407. The zero-order valence-electron chi connectivity index (χ0n) is 12.9. The second kappa shape index (κ2) is 6.80. The molecule has 0 bridgehead atoms. The summed E-state index contributed by atoms with van der Waals surface area (Å²) in [6.07, 6.45) is 0. The Labute approximate surface area is 142 Å². The maximum Gasteiger partial charge on any atom is 0.340 e. The maximum atomic E-state index is 12.0. The lowest BCUT2D eigenvalue weighted by molar-refractivity contribution is -0.114. The standard InChI is InChI=1S/C18H15NO4S/c1-11(20)19-14-3-6-16(7-4-14)24-10-13-8-12-2-5-15(21)9-17(12)23-18(13)22/h2-9,21H,10H2,1H3,(H,19,20). The highest BCUT2D eigenvalue weighted by Gasteiger charge is 2.07. The summed E-state index contributed by atoms with van der Waals surface area (Å²) in [5, 5.41) is 12.9. The summed E-state index contributed by atoms with van der Waals surface area (Å²) in [7, 11) is 0. The molecule has 1 aromatic heterocycles. The Morgan fingerprint density at radius 1 is 1.17 bits per heavy atom. The number of amides is 1. The minimum absolute atomic E-state index is 0.0621. The van der Waals surface area contributed by atoms with Gasteiger partial charge in [-0.25, -0.2) is 4.79 Å². The van der Waals surface area contributed by atoms with Crippen molar-refractivity contribution in [3.63, 3.8) is 0 Å². The van der Waals surface area contributed by atoms with Crippen molar-refractivity contribution in [2.24, 2.45) is 0 Å². The lowest BCUT2D eigenvalue weighted by atomic mass is 10.2. The van der Waals surface area contributed by atoms with Crippen LogP contribution in [0.4, 0.5) is 5.69 Å². The third-order valence-corrected chi connectivity index (χ3v) is 4.42. The van der Waals surface area contributed by atoms with Crippen LogP contribution in [0, 0.1) is 0 Å². The number of rotatable bonds is 4. The summed E-state index contributed by atoms with van der Waals surface area (Å²) in [5.41, 5.74) is 1.25. The molecule has 2 aromatic carbocycles. The van der Waals surface area contributed by atoms with Crippen LogP contribution in [0.15, 0.2) is 62.6 Å². The molecule has 122 valence electrons. The molecule has 0 aliphatic carbocycles. The van der Waals surface area contributed by atoms with Gasteiger partial charge >= 0.3 is 5.63 Å². The lowest BCUT2D eigenvalue weighted by Gasteiger charge is -2.05. The summed E-state index contributed by atoms with van der Waals surface area (Å²) in [6, 6.07) is 13.9. The molecule has 2 N–H and O–H groups in total. The van der Waals surface area contributed by atoms with Crippen molar-refractivity contribution in [3.8, 4) is 5.75 Å². The molecule has 0 aliphatic heterocycles. The summed E-state index contributed by atoms with van der Waals surface area (Å²) in [6.45, 7) is 1.46. The van der Waals surface area contributed by atoms with Crippen molar-refractivity contribution in [2.75, 3.05) is 5.32 Å². The first-order valence-electron chi connectivity index (χ1n) is 7.27.